The molecule has 0 aromatic carbocycles. The molecule has 2 rings (SSSR count). The zero-order chi connectivity index (χ0) is 15.0. The van der Waals surface area contributed by atoms with Crippen molar-refractivity contribution >= 4 is 12.1 Å². The van der Waals surface area contributed by atoms with Crippen LogP contribution in [0.3, 0.4) is 0 Å². The van der Waals surface area contributed by atoms with Crippen LogP contribution in [-0.2, 0) is 14.3 Å². The number of esters is 1. The summed E-state index contributed by atoms with van der Waals surface area (Å²) in [7, 11) is 1.35. The van der Waals surface area contributed by atoms with Gasteiger partial charge in [0.05, 0.1) is 7.11 Å². The van der Waals surface area contributed by atoms with Crippen molar-refractivity contribution in [3.8, 4) is 0 Å². The first-order valence-corrected chi connectivity index (χ1v) is 6.99. The van der Waals surface area contributed by atoms with Gasteiger partial charge in [0.15, 0.2) is 0 Å². The van der Waals surface area contributed by atoms with Crippen molar-refractivity contribution in [1.29, 1.82) is 0 Å². The van der Waals surface area contributed by atoms with E-state index in [4.69, 9.17) is 9.47 Å². The molecule has 0 bridgehead atoms. The average Bonchev–Trinajstić information content (AvgIpc) is 2.94. The largest absolute Gasteiger partial charge is 0.467 e. The van der Waals surface area contributed by atoms with Crippen LogP contribution in [0.15, 0.2) is 12.2 Å². The van der Waals surface area contributed by atoms with Gasteiger partial charge in [-0.2, -0.15) is 0 Å². The van der Waals surface area contributed by atoms with E-state index in [9.17, 15) is 9.59 Å². The lowest BCUT2D eigenvalue weighted by Gasteiger charge is -2.28. The molecule has 0 radical (unpaired) electrons. The van der Waals surface area contributed by atoms with Crippen LogP contribution in [0.2, 0.25) is 0 Å². The van der Waals surface area contributed by atoms with Gasteiger partial charge in [-0.1, -0.05) is 12.2 Å². The monoisotopic (exact) mass is 281 g/mol. The molecule has 1 heterocycles. The summed E-state index contributed by atoms with van der Waals surface area (Å²) < 4.78 is 10.2. The van der Waals surface area contributed by atoms with Crippen LogP contribution in [0.5, 0.6) is 0 Å². The van der Waals surface area contributed by atoms with Crippen molar-refractivity contribution in [2.45, 2.75) is 51.7 Å². The molecule has 1 aliphatic heterocycles. The smallest absolute Gasteiger partial charge is 0.411 e. The summed E-state index contributed by atoms with van der Waals surface area (Å²) in [4.78, 5) is 25.8. The Morgan fingerprint density at radius 1 is 1.25 bits per heavy atom. The highest BCUT2D eigenvalue weighted by molar-refractivity contribution is 5.82. The fourth-order valence-corrected chi connectivity index (χ4v) is 2.96. The van der Waals surface area contributed by atoms with E-state index in [1.807, 2.05) is 20.8 Å². The normalized spacial score (nSPS) is 24.2. The Morgan fingerprint density at radius 3 is 2.35 bits per heavy atom. The number of hydrogen-bond donors (Lipinski definition) is 0. The lowest BCUT2D eigenvalue weighted by atomic mass is 9.83. The van der Waals surface area contributed by atoms with Gasteiger partial charge in [0.2, 0.25) is 0 Å². The maximum absolute atomic E-state index is 12.3. The van der Waals surface area contributed by atoms with Gasteiger partial charge < -0.3 is 9.47 Å². The topological polar surface area (TPSA) is 55.8 Å². The molecule has 0 aromatic rings. The Kier molecular flexibility index (Phi) is 3.80. The molecule has 5 heteroatoms. The maximum Gasteiger partial charge on any atom is 0.411 e. The molecule has 20 heavy (non-hydrogen) atoms. The summed E-state index contributed by atoms with van der Waals surface area (Å²) in [5.74, 6) is -0.361. The number of likely N-dealkylation sites (tertiary alicyclic amines) is 1. The number of carbonyl (C=O) groups excluding carboxylic acids is 2. The molecule has 0 unspecified atom stereocenters. The quantitative estimate of drug-likeness (QED) is 0.547. The highest BCUT2D eigenvalue weighted by Crippen LogP contribution is 2.45. The minimum atomic E-state index is -0.568. The third-order valence-electron chi connectivity index (χ3n) is 3.88. The Balaban J connectivity index is 2.15. The molecule has 2 aliphatic rings. The summed E-state index contributed by atoms with van der Waals surface area (Å²) in [5, 5.41) is 0. The molecule has 1 atom stereocenters. The summed E-state index contributed by atoms with van der Waals surface area (Å²) in [5.41, 5.74) is -0.586. The number of carbonyl (C=O) groups is 2. The average molecular weight is 281 g/mol. The zero-order valence-corrected chi connectivity index (χ0v) is 12.6. The number of ether oxygens (including phenoxy) is 2. The second kappa shape index (κ2) is 5.11. The van der Waals surface area contributed by atoms with Crippen LogP contribution in [0.1, 0.15) is 40.0 Å². The fourth-order valence-electron chi connectivity index (χ4n) is 2.96. The first kappa shape index (κ1) is 14.9. The predicted octanol–water partition coefficient (Wildman–Crippen LogP) is 2.51. The van der Waals surface area contributed by atoms with E-state index in [2.05, 4.69) is 12.2 Å². The molecular formula is C15H23NO4. The second-order valence-electron chi connectivity index (χ2n) is 6.73. The lowest BCUT2D eigenvalue weighted by molar-refractivity contribution is -0.145. The molecule has 5 nitrogen and oxygen atoms in total. The van der Waals surface area contributed by atoms with Crippen LogP contribution in [0.25, 0.3) is 0 Å². The van der Waals surface area contributed by atoms with Crippen LogP contribution < -0.4 is 0 Å². The van der Waals surface area contributed by atoms with Gasteiger partial charge in [0, 0.05) is 6.54 Å². The molecule has 0 saturated carbocycles. The van der Waals surface area contributed by atoms with Crippen LogP contribution in [0, 0.1) is 5.41 Å². The summed E-state index contributed by atoms with van der Waals surface area (Å²) in [6.45, 7) is 6.01. The van der Waals surface area contributed by atoms with E-state index >= 15 is 0 Å². The molecule has 1 aliphatic carbocycles. The maximum atomic E-state index is 12.3. The van der Waals surface area contributed by atoms with Crippen LogP contribution >= 0.6 is 0 Å². The lowest BCUT2D eigenvalue weighted by Crippen LogP contribution is -2.44. The third-order valence-corrected chi connectivity index (χ3v) is 3.88. The van der Waals surface area contributed by atoms with Gasteiger partial charge in [-0.3, -0.25) is 4.90 Å². The van der Waals surface area contributed by atoms with Gasteiger partial charge in [0.25, 0.3) is 0 Å². The van der Waals surface area contributed by atoms with Crippen molar-refractivity contribution < 1.29 is 19.1 Å². The molecule has 1 amide bonds. The predicted molar refractivity (Wildman–Crippen MR) is 74.2 cm³/mol. The van der Waals surface area contributed by atoms with Gasteiger partial charge >= 0.3 is 12.1 Å². The number of nitrogens with zero attached hydrogens (tertiary/aromatic N) is 1. The highest BCUT2D eigenvalue weighted by Gasteiger charge is 2.50. The van der Waals surface area contributed by atoms with Crippen molar-refractivity contribution in [3.63, 3.8) is 0 Å². The van der Waals surface area contributed by atoms with Crippen molar-refractivity contribution in [3.05, 3.63) is 12.2 Å². The molecule has 1 spiro atoms. The van der Waals surface area contributed by atoms with E-state index in [1.165, 1.54) is 12.0 Å². The molecule has 1 fully saturated rings. The Morgan fingerprint density at radius 2 is 1.85 bits per heavy atom. The van der Waals surface area contributed by atoms with Crippen LogP contribution in [-0.4, -0.2) is 42.3 Å². The van der Waals surface area contributed by atoms with E-state index in [0.717, 1.165) is 12.8 Å². The first-order valence-electron chi connectivity index (χ1n) is 6.99. The molecule has 0 N–H and O–H groups in total. The fraction of sp³-hybridized carbons (Fsp3) is 0.733. The molecule has 0 aromatic heterocycles. The number of rotatable bonds is 1. The van der Waals surface area contributed by atoms with Gasteiger partial charge in [0.1, 0.15) is 11.6 Å². The van der Waals surface area contributed by atoms with Crippen molar-refractivity contribution in [1.82, 2.24) is 4.90 Å². The Bertz CT molecular complexity index is 428. The van der Waals surface area contributed by atoms with Gasteiger partial charge in [-0.15, -0.1) is 0 Å². The van der Waals surface area contributed by atoms with E-state index in [0.29, 0.717) is 13.0 Å². The minimum Gasteiger partial charge on any atom is -0.467 e. The highest BCUT2D eigenvalue weighted by atomic mass is 16.6. The molecular weight excluding hydrogens is 258 g/mol. The van der Waals surface area contributed by atoms with Crippen LogP contribution in [0.4, 0.5) is 4.79 Å². The van der Waals surface area contributed by atoms with E-state index in [-0.39, 0.29) is 11.4 Å². The van der Waals surface area contributed by atoms with E-state index in [1.54, 1.807) is 0 Å². The third kappa shape index (κ3) is 2.97. The minimum absolute atomic E-state index is 0.0181. The van der Waals surface area contributed by atoms with E-state index < -0.39 is 17.7 Å². The van der Waals surface area contributed by atoms with Gasteiger partial charge in [-0.25, -0.2) is 9.59 Å². The Labute approximate surface area is 119 Å². The number of allylic oxidation sites excluding steroid dienone is 2. The molecule has 1 saturated heterocycles. The number of hydrogen-bond acceptors (Lipinski definition) is 4. The standard InChI is InChI=1S/C15H23NO4/c1-14(2,3)20-13(18)16-10-15(7-5-6-8-15)9-11(16)12(17)19-4/h5-6,11H,7-10H2,1-4H3/t11-/m1/s1. The number of methoxy groups -OCH3 is 1. The van der Waals surface area contributed by atoms with Crippen molar-refractivity contribution in [2.24, 2.45) is 5.41 Å². The molecule has 112 valence electrons. The first-order chi connectivity index (χ1) is 9.26. The summed E-state index contributed by atoms with van der Waals surface area (Å²) in [6.07, 6.45) is 6.25. The number of amides is 1. The second-order valence-corrected chi connectivity index (χ2v) is 6.73. The Hall–Kier alpha value is -1.52. The zero-order valence-electron chi connectivity index (χ0n) is 12.6. The SMILES string of the molecule is COC(=O)[C@H]1CC2(CC=CC2)CN1C(=O)OC(C)(C)C. The van der Waals surface area contributed by atoms with Gasteiger partial charge in [-0.05, 0) is 45.4 Å². The van der Waals surface area contributed by atoms with Crippen molar-refractivity contribution in [2.75, 3.05) is 13.7 Å². The summed E-state index contributed by atoms with van der Waals surface area (Å²) >= 11 is 0. The summed E-state index contributed by atoms with van der Waals surface area (Å²) in [6, 6.07) is -0.533.